The van der Waals surface area contributed by atoms with Crippen molar-refractivity contribution in [2.45, 2.75) is 25.2 Å². The van der Waals surface area contributed by atoms with Crippen molar-refractivity contribution in [1.82, 2.24) is 29.9 Å². The van der Waals surface area contributed by atoms with Crippen LogP contribution >= 0.6 is 11.8 Å². The Hall–Kier alpha value is -2.88. The largest absolute Gasteiger partial charge is 0.497 e. The zero-order chi connectivity index (χ0) is 23.8. The van der Waals surface area contributed by atoms with Crippen LogP contribution in [0.15, 0.2) is 60.0 Å². The summed E-state index contributed by atoms with van der Waals surface area (Å²) in [6.07, 6.45) is 1.65. The second-order valence-electron chi connectivity index (χ2n) is 8.27. The van der Waals surface area contributed by atoms with Crippen molar-refractivity contribution in [1.29, 1.82) is 0 Å². The average molecular weight is 481 g/mol. The van der Waals surface area contributed by atoms with Crippen molar-refractivity contribution in [2.75, 3.05) is 45.6 Å². The van der Waals surface area contributed by atoms with E-state index in [4.69, 9.17) is 4.74 Å². The van der Waals surface area contributed by atoms with E-state index in [0.29, 0.717) is 11.7 Å². The number of methoxy groups -OCH3 is 1. The summed E-state index contributed by atoms with van der Waals surface area (Å²) in [4.78, 5) is 17.4. The lowest BCUT2D eigenvalue weighted by molar-refractivity contribution is -0.118. The van der Waals surface area contributed by atoms with Crippen LogP contribution in [0, 0.1) is 0 Å². The minimum Gasteiger partial charge on any atom is -0.497 e. The Bertz CT molecular complexity index is 1050. The van der Waals surface area contributed by atoms with E-state index in [1.807, 2.05) is 28.8 Å². The van der Waals surface area contributed by atoms with Crippen LogP contribution in [0.4, 0.5) is 0 Å². The molecule has 0 unspecified atom stereocenters. The van der Waals surface area contributed by atoms with E-state index in [0.717, 1.165) is 56.3 Å². The van der Waals surface area contributed by atoms with Crippen LogP contribution in [0.3, 0.4) is 0 Å². The number of nitrogens with zero attached hydrogens (tertiary/aromatic N) is 5. The quantitative estimate of drug-likeness (QED) is 0.447. The topological polar surface area (TPSA) is 75.5 Å². The molecule has 4 rings (SSSR count). The molecule has 0 aliphatic carbocycles. The number of aromatic nitrogens is 3. The number of benzene rings is 2. The van der Waals surface area contributed by atoms with E-state index in [-0.39, 0.29) is 11.7 Å². The monoisotopic (exact) mass is 480 g/mol. The number of amides is 1. The molecule has 1 aliphatic heterocycles. The Morgan fingerprint density at radius 2 is 1.68 bits per heavy atom. The highest BCUT2D eigenvalue weighted by Gasteiger charge is 2.15. The van der Waals surface area contributed by atoms with Gasteiger partial charge in [0, 0.05) is 45.0 Å². The summed E-state index contributed by atoms with van der Waals surface area (Å²) in [5, 5.41) is 11.8. The second kappa shape index (κ2) is 12.0. The van der Waals surface area contributed by atoms with E-state index in [2.05, 4.69) is 56.5 Å². The number of ether oxygens (including phenoxy) is 1. The minimum absolute atomic E-state index is 0.0350. The number of hydrogen-bond acceptors (Lipinski definition) is 7. The SMILES string of the molecule is CCN1CCN(Cc2ccc(CNC(=O)CSc3nncn3-c3ccc(OC)cc3)cc2)CC1. The van der Waals surface area contributed by atoms with E-state index in [1.165, 1.54) is 17.3 Å². The third kappa shape index (κ3) is 6.59. The molecule has 34 heavy (non-hydrogen) atoms. The molecule has 0 bridgehead atoms. The van der Waals surface area contributed by atoms with Crippen LogP contribution < -0.4 is 10.1 Å². The fraction of sp³-hybridized carbons (Fsp3) is 0.400. The number of carbonyl (C=O) groups is 1. The summed E-state index contributed by atoms with van der Waals surface area (Å²) in [7, 11) is 1.64. The Kier molecular flexibility index (Phi) is 8.56. The van der Waals surface area contributed by atoms with Crippen molar-refractivity contribution < 1.29 is 9.53 Å². The first-order valence-electron chi connectivity index (χ1n) is 11.6. The molecule has 180 valence electrons. The molecule has 2 heterocycles. The highest BCUT2D eigenvalue weighted by Crippen LogP contribution is 2.21. The zero-order valence-corrected chi connectivity index (χ0v) is 20.6. The number of thioether (sulfide) groups is 1. The Morgan fingerprint density at radius 3 is 2.35 bits per heavy atom. The van der Waals surface area contributed by atoms with Gasteiger partial charge in [-0.2, -0.15) is 0 Å². The lowest BCUT2D eigenvalue weighted by Gasteiger charge is -2.34. The van der Waals surface area contributed by atoms with Gasteiger partial charge in [-0.25, -0.2) is 0 Å². The van der Waals surface area contributed by atoms with Gasteiger partial charge in [-0.1, -0.05) is 43.0 Å². The fourth-order valence-electron chi connectivity index (χ4n) is 3.91. The fourth-order valence-corrected chi connectivity index (χ4v) is 4.67. The van der Waals surface area contributed by atoms with Gasteiger partial charge in [0.25, 0.3) is 0 Å². The number of carbonyl (C=O) groups excluding carboxylic acids is 1. The van der Waals surface area contributed by atoms with Gasteiger partial charge >= 0.3 is 0 Å². The minimum atomic E-state index is -0.0350. The van der Waals surface area contributed by atoms with Gasteiger partial charge in [-0.15, -0.1) is 10.2 Å². The Balaban J connectivity index is 1.21. The van der Waals surface area contributed by atoms with Crippen LogP contribution in [0.25, 0.3) is 5.69 Å². The summed E-state index contributed by atoms with van der Waals surface area (Å²) in [5.74, 6) is 1.02. The summed E-state index contributed by atoms with van der Waals surface area (Å²) in [6, 6.07) is 16.2. The molecule has 1 saturated heterocycles. The Labute approximate surface area is 205 Å². The predicted molar refractivity (Wildman–Crippen MR) is 134 cm³/mol. The van der Waals surface area contributed by atoms with Crippen LogP contribution in [-0.4, -0.2) is 76.1 Å². The first kappa shape index (κ1) is 24.3. The van der Waals surface area contributed by atoms with Gasteiger partial charge in [0.2, 0.25) is 5.91 Å². The molecule has 1 amide bonds. The van der Waals surface area contributed by atoms with Gasteiger partial charge in [0.15, 0.2) is 5.16 Å². The van der Waals surface area contributed by atoms with Gasteiger partial charge in [-0.05, 0) is 41.9 Å². The molecule has 0 spiro atoms. The maximum atomic E-state index is 12.4. The first-order valence-corrected chi connectivity index (χ1v) is 12.6. The van der Waals surface area contributed by atoms with Gasteiger partial charge < -0.3 is 15.0 Å². The normalized spacial score (nSPS) is 14.8. The van der Waals surface area contributed by atoms with Crippen molar-refractivity contribution >= 4 is 17.7 Å². The molecular formula is C25H32N6O2S. The van der Waals surface area contributed by atoms with E-state index in [1.54, 1.807) is 13.4 Å². The maximum absolute atomic E-state index is 12.4. The smallest absolute Gasteiger partial charge is 0.230 e. The predicted octanol–water partition coefficient (Wildman–Crippen LogP) is 2.82. The van der Waals surface area contributed by atoms with Crippen LogP contribution in [-0.2, 0) is 17.9 Å². The number of rotatable bonds is 10. The molecule has 2 aromatic carbocycles. The standard InChI is InChI=1S/C25H32N6O2S/c1-3-29-12-14-30(15-13-29)17-21-6-4-20(5-7-21)16-26-24(32)18-34-25-28-27-19-31(25)22-8-10-23(33-2)11-9-22/h4-11,19H,3,12-18H2,1-2H3,(H,26,32). The highest BCUT2D eigenvalue weighted by atomic mass is 32.2. The number of hydrogen-bond donors (Lipinski definition) is 1. The molecule has 0 saturated carbocycles. The molecule has 1 N–H and O–H groups in total. The molecular weight excluding hydrogens is 448 g/mol. The van der Waals surface area contributed by atoms with E-state index < -0.39 is 0 Å². The maximum Gasteiger partial charge on any atom is 0.230 e. The molecule has 1 fully saturated rings. The molecule has 1 aromatic heterocycles. The number of nitrogens with one attached hydrogen (secondary N) is 1. The molecule has 3 aromatic rings. The summed E-state index contributed by atoms with van der Waals surface area (Å²) in [5.41, 5.74) is 3.33. The number of likely N-dealkylation sites (N-methyl/N-ethyl adjacent to an activating group) is 1. The highest BCUT2D eigenvalue weighted by molar-refractivity contribution is 7.99. The number of piperazine rings is 1. The molecule has 1 aliphatic rings. The third-order valence-electron chi connectivity index (χ3n) is 6.03. The lowest BCUT2D eigenvalue weighted by atomic mass is 10.1. The third-order valence-corrected chi connectivity index (χ3v) is 6.97. The van der Waals surface area contributed by atoms with Crippen LogP contribution in [0.2, 0.25) is 0 Å². The van der Waals surface area contributed by atoms with Gasteiger partial charge in [-0.3, -0.25) is 14.3 Å². The van der Waals surface area contributed by atoms with Gasteiger partial charge in [0.05, 0.1) is 12.9 Å². The van der Waals surface area contributed by atoms with Crippen molar-refractivity contribution in [2.24, 2.45) is 0 Å². The van der Waals surface area contributed by atoms with Crippen LogP contribution in [0.5, 0.6) is 5.75 Å². The molecule has 8 nitrogen and oxygen atoms in total. The zero-order valence-electron chi connectivity index (χ0n) is 19.8. The second-order valence-corrected chi connectivity index (χ2v) is 9.22. The Morgan fingerprint density at radius 1 is 1.00 bits per heavy atom. The molecule has 0 atom stereocenters. The average Bonchev–Trinajstić information content (AvgIpc) is 3.36. The van der Waals surface area contributed by atoms with Crippen molar-refractivity contribution in [3.63, 3.8) is 0 Å². The summed E-state index contributed by atoms with van der Waals surface area (Å²) in [6.45, 7) is 9.39. The van der Waals surface area contributed by atoms with Crippen molar-refractivity contribution in [3.8, 4) is 11.4 Å². The lowest BCUT2D eigenvalue weighted by Crippen LogP contribution is -2.45. The summed E-state index contributed by atoms with van der Waals surface area (Å²) >= 11 is 1.36. The van der Waals surface area contributed by atoms with Crippen LogP contribution in [0.1, 0.15) is 18.1 Å². The van der Waals surface area contributed by atoms with Gasteiger partial charge in [0.1, 0.15) is 12.1 Å². The van der Waals surface area contributed by atoms with Crippen molar-refractivity contribution in [3.05, 3.63) is 66.0 Å². The van der Waals surface area contributed by atoms with E-state index in [9.17, 15) is 4.79 Å². The summed E-state index contributed by atoms with van der Waals surface area (Å²) < 4.78 is 7.06. The molecule has 0 radical (unpaired) electrons. The van der Waals surface area contributed by atoms with E-state index >= 15 is 0 Å². The molecule has 9 heteroatoms. The first-order chi connectivity index (χ1) is 16.6.